The second-order valence-corrected chi connectivity index (χ2v) is 6.34. The van der Waals surface area contributed by atoms with Crippen molar-refractivity contribution >= 4 is 6.03 Å². The Kier molecular flexibility index (Phi) is 4.70. The van der Waals surface area contributed by atoms with Gasteiger partial charge in [0.2, 0.25) is 0 Å². The molecule has 0 spiro atoms. The molecule has 0 aliphatic carbocycles. The average Bonchev–Trinajstić information content (AvgIpc) is 3.25. The highest BCUT2D eigenvalue weighted by Gasteiger charge is 2.37. The highest BCUT2D eigenvalue weighted by atomic mass is 16.5. The highest BCUT2D eigenvalue weighted by molar-refractivity contribution is 5.75. The smallest absolute Gasteiger partial charge is 0.362 e. The Bertz CT molecular complexity index is 866. The molecule has 138 valence electrons. The Balaban J connectivity index is 1.74. The summed E-state index contributed by atoms with van der Waals surface area (Å²) in [6.07, 6.45) is 1.44. The summed E-state index contributed by atoms with van der Waals surface area (Å²) < 4.78 is 5.28. The lowest BCUT2D eigenvalue weighted by Gasteiger charge is -2.27. The van der Waals surface area contributed by atoms with Gasteiger partial charge < -0.3 is 14.7 Å². The molecule has 1 aliphatic heterocycles. The number of aromatic nitrogens is 3. The summed E-state index contributed by atoms with van der Waals surface area (Å²) in [5.74, 6) is 0. The Hall–Kier alpha value is -3.03. The van der Waals surface area contributed by atoms with E-state index in [1.807, 2.05) is 60.7 Å². The van der Waals surface area contributed by atoms with E-state index >= 15 is 0 Å². The van der Waals surface area contributed by atoms with Crippen molar-refractivity contribution in [3.8, 4) is 0 Å². The Morgan fingerprint density at radius 3 is 2.07 bits per heavy atom. The zero-order valence-electron chi connectivity index (χ0n) is 14.7. The van der Waals surface area contributed by atoms with Crippen molar-refractivity contribution in [2.45, 2.75) is 5.60 Å². The molecule has 1 aromatic heterocycles. The van der Waals surface area contributed by atoms with Crippen LogP contribution in [0.5, 0.6) is 0 Å². The summed E-state index contributed by atoms with van der Waals surface area (Å²) in [4.78, 5) is 15.3. The number of benzene rings is 2. The van der Waals surface area contributed by atoms with Crippen LogP contribution in [0.1, 0.15) is 16.8 Å². The van der Waals surface area contributed by atoms with Crippen LogP contribution in [-0.2, 0) is 10.3 Å². The number of aliphatic hydroxyl groups is 1. The number of ether oxygens (including phenoxy) is 1. The fraction of sp³-hybridized carbons (Fsp3) is 0.250. The second kappa shape index (κ2) is 7.30. The van der Waals surface area contributed by atoms with Gasteiger partial charge in [-0.1, -0.05) is 65.5 Å². The molecule has 0 unspecified atom stereocenters. The maximum Gasteiger partial charge on any atom is 0.362 e. The summed E-state index contributed by atoms with van der Waals surface area (Å²) in [5, 5.41) is 20.1. The number of carbonyl (C=O) groups excluding carboxylic acids is 1. The predicted octanol–water partition coefficient (Wildman–Crippen LogP) is 1.86. The van der Waals surface area contributed by atoms with Gasteiger partial charge in [-0.25, -0.2) is 4.79 Å². The van der Waals surface area contributed by atoms with Gasteiger partial charge in [-0.3, -0.25) is 0 Å². The molecule has 7 nitrogen and oxygen atoms in total. The van der Waals surface area contributed by atoms with Crippen molar-refractivity contribution in [3.05, 3.63) is 83.7 Å². The number of nitrogens with zero attached hydrogens (tertiary/aromatic N) is 4. The van der Waals surface area contributed by atoms with E-state index in [1.54, 1.807) is 4.90 Å². The molecule has 1 fully saturated rings. The predicted molar refractivity (Wildman–Crippen MR) is 98.2 cm³/mol. The number of rotatable bonds is 3. The summed E-state index contributed by atoms with van der Waals surface area (Å²) in [6, 6.07) is 18.2. The van der Waals surface area contributed by atoms with Gasteiger partial charge in [-0.2, -0.15) is 5.10 Å². The van der Waals surface area contributed by atoms with E-state index in [0.29, 0.717) is 43.1 Å². The summed E-state index contributed by atoms with van der Waals surface area (Å²) >= 11 is 0. The molecular formula is C20H20N4O3. The molecule has 4 rings (SSSR count). The lowest BCUT2D eigenvalue weighted by Crippen LogP contribution is -2.43. The summed E-state index contributed by atoms with van der Waals surface area (Å²) in [7, 11) is 0. The van der Waals surface area contributed by atoms with E-state index in [0.717, 1.165) is 4.80 Å². The molecule has 1 amide bonds. The topological polar surface area (TPSA) is 80.5 Å². The van der Waals surface area contributed by atoms with E-state index < -0.39 is 5.60 Å². The van der Waals surface area contributed by atoms with Crippen molar-refractivity contribution in [2.24, 2.45) is 0 Å². The van der Waals surface area contributed by atoms with Gasteiger partial charge in [-0.15, -0.1) is 5.10 Å². The first kappa shape index (κ1) is 17.4. The van der Waals surface area contributed by atoms with Gasteiger partial charge in [-0.05, 0) is 11.1 Å². The number of carbonyl (C=O) groups is 1. The first-order valence-electron chi connectivity index (χ1n) is 8.83. The molecule has 0 atom stereocenters. The monoisotopic (exact) mass is 364 g/mol. The fourth-order valence-electron chi connectivity index (χ4n) is 3.22. The molecule has 3 aromatic rings. The second-order valence-electron chi connectivity index (χ2n) is 6.34. The Morgan fingerprint density at radius 2 is 1.52 bits per heavy atom. The van der Waals surface area contributed by atoms with Gasteiger partial charge in [0.1, 0.15) is 5.69 Å². The molecule has 0 bridgehead atoms. The minimum Gasteiger partial charge on any atom is -0.378 e. The van der Waals surface area contributed by atoms with Crippen molar-refractivity contribution < 1.29 is 14.6 Å². The number of morpholine rings is 1. The molecular weight excluding hydrogens is 344 g/mol. The third-order valence-corrected chi connectivity index (χ3v) is 4.70. The average molecular weight is 364 g/mol. The van der Waals surface area contributed by atoms with Crippen LogP contribution in [0.2, 0.25) is 0 Å². The van der Waals surface area contributed by atoms with Crippen LogP contribution in [0.25, 0.3) is 0 Å². The molecule has 2 heterocycles. The van der Waals surface area contributed by atoms with Crippen LogP contribution in [0.3, 0.4) is 0 Å². The fourth-order valence-corrected chi connectivity index (χ4v) is 3.22. The highest BCUT2D eigenvalue weighted by Crippen LogP contribution is 2.35. The summed E-state index contributed by atoms with van der Waals surface area (Å²) in [5.41, 5.74) is 0.0946. The van der Waals surface area contributed by atoms with Crippen LogP contribution < -0.4 is 0 Å². The zero-order valence-corrected chi connectivity index (χ0v) is 14.7. The third-order valence-electron chi connectivity index (χ3n) is 4.70. The van der Waals surface area contributed by atoms with Crippen molar-refractivity contribution in [1.29, 1.82) is 0 Å². The van der Waals surface area contributed by atoms with Gasteiger partial charge in [0.05, 0.1) is 19.4 Å². The van der Waals surface area contributed by atoms with E-state index in [4.69, 9.17) is 4.74 Å². The minimum absolute atomic E-state index is 0.293. The van der Waals surface area contributed by atoms with E-state index in [-0.39, 0.29) is 6.03 Å². The zero-order chi connectivity index (χ0) is 18.7. The van der Waals surface area contributed by atoms with Gasteiger partial charge >= 0.3 is 6.03 Å². The summed E-state index contributed by atoms with van der Waals surface area (Å²) in [6.45, 7) is 1.99. The van der Waals surface area contributed by atoms with Crippen LogP contribution >= 0.6 is 0 Å². The lowest BCUT2D eigenvalue weighted by molar-refractivity contribution is 0.0518. The number of amides is 1. The van der Waals surface area contributed by atoms with Crippen molar-refractivity contribution in [3.63, 3.8) is 0 Å². The van der Waals surface area contributed by atoms with Crippen LogP contribution in [0.15, 0.2) is 66.9 Å². The largest absolute Gasteiger partial charge is 0.378 e. The van der Waals surface area contributed by atoms with Crippen LogP contribution in [0, 0.1) is 0 Å². The quantitative estimate of drug-likeness (QED) is 0.767. The van der Waals surface area contributed by atoms with Gasteiger partial charge in [0.15, 0.2) is 5.60 Å². The van der Waals surface area contributed by atoms with Crippen LogP contribution in [-0.4, -0.2) is 57.3 Å². The maximum atomic E-state index is 12.6. The Labute approximate surface area is 156 Å². The third kappa shape index (κ3) is 3.22. The maximum absolute atomic E-state index is 12.6. The molecule has 1 aliphatic rings. The molecule has 1 saturated heterocycles. The SMILES string of the molecule is O=C(N1CCOCC1)n1ncc(C(O)(c2ccccc2)c2ccccc2)n1. The van der Waals surface area contributed by atoms with E-state index in [2.05, 4.69) is 10.2 Å². The molecule has 1 N–H and O–H groups in total. The van der Waals surface area contributed by atoms with E-state index in [9.17, 15) is 9.90 Å². The van der Waals surface area contributed by atoms with E-state index in [1.165, 1.54) is 6.20 Å². The molecule has 0 saturated carbocycles. The first-order valence-corrected chi connectivity index (χ1v) is 8.83. The Morgan fingerprint density at radius 1 is 0.963 bits per heavy atom. The molecule has 27 heavy (non-hydrogen) atoms. The normalized spacial score (nSPS) is 14.9. The van der Waals surface area contributed by atoms with Gasteiger partial charge in [0.25, 0.3) is 0 Å². The minimum atomic E-state index is -1.51. The molecule has 2 aromatic carbocycles. The lowest BCUT2D eigenvalue weighted by atomic mass is 9.84. The molecule has 0 radical (unpaired) electrons. The van der Waals surface area contributed by atoms with Crippen LogP contribution in [0.4, 0.5) is 4.79 Å². The van der Waals surface area contributed by atoms with Gasteiger partial charge in [0, 0.05) is 13.1 Å². The number of hydrogen-bond acceptors (Lipinski definition) is 5. The van der Waals surface area contributed by atoms with Crippen molar-refractivity contribution in [2.75, 3.05) is 26.3 Å². The first-order chi connectivity index (χ1) is 13.2. The number of hydrogen-bond donors (Lipinski definition) is 1. The molecule has 7 heteroatoms. The standard InChI is InChI=1S/C20H20N4O3/c25-19(23-11-13-27-14-12-23)24-21-15-18(22-24)20(26,16-7-3-1-4-8-16)17-9-5-2-6-10-17/h1-10,15,26H,11-14H2. The van der Waals surface area contributed by atoms with Crippen molar-refractivity contribution in [1.82, 2.24) is 19.9 Å².